The lowest BCUT2D eigenvalue weighted by atomic mass is 10.2. The predicted octanol–water partition coefficient (Wildman–Crippen LogP) is 4.98. The minimum Gasteiger partial charge on any atom is -0.462 e. The van der Waals surface area contributed by atoms with E-state index < -0.39 is 0 Å². The molecule has 128 valence electrons. The van der Waals surface area contributed by atoms with E-state index in [2.05, 4.69) is 0 Å². The van der Waals surface area contributed by atoms with Crippen LogP contribution in [0.2, 0.25) is 0 Å². The Balaban J connectivity index is 2.01. The van der Waals surface area contributed by atoms with Crippen molar-refractivity contribution in [1.82, 2.24) is 4.57 Å². The number of fused-ring (bicyclic) bond motifs is 1. The molecule has 3 aromatic rings. The van der Waals surface area contributed by atoms with Gasteiger partial charge in [-0.05, 0) is 48.4 Å². The van der Waals surface area contributed by atoms with Gasteiger partial charge in [0.2, 0.25) is 0 Å². The van der Waals surface area contributed by atoms with E-state index >= 15 is 0 Å². The van der Waals surface area contributed by atoms with Crippen LogP contribution in [0.4, 0.5) is 4.39 Å². The van der Waals surface area contributed by atoms with E-state index in [4.69, 9.17) is 4.74 Å². The van der Waals surface area contributed by atoms with E-state index in [1.165, 1.54) is 18.2 Å². The zero-order chi connectivity index (χ0) is 17.8. The van der Waals surface area contributed by atoms with Crippen LogP contribution in [-0.2, 0) is 9.53 Å². The topological polar surface area (TPSA) is 31.2 Å². The molecular weight excluding hydrogens is 317 g/mol. The van der Waals surface area contributed by atoms with E-state index in [1.807, 2.05) is 54.8 Å². The van der Waals surface area contributed by atoms with Gasteiger partial charge in [-0.3, -0.25) is 0 Å². The number of ether oxygens (including phenoxy) is 1. The third-order valence-electron chi connectivity index (χ3n) is 3.76. The Kier molecular flexibility index (Phi) is 4.98. The SMILES string of the molecule is CC(C)COC(=O)/C=C/c1cc2ccc(F)cc2n1-c1ccccc1. The highest BCUT2D eigenvalue weighted by atomic mass is 19.1. The quantitative estimate of drug-likeness (QED) is 0.485. The molecule has 0 aliphatic rings. The highest BCUT2D eigenvalue weighted by Crippen LogP contribution is 2.26. The van der Waals surface area contributed by atoms with Crippen molar-refractivity contribution in [2.24, 2.45) is 5.92 Å². The van der Waals surface area contributed by atoms with Gasteiger partial charge in [-0.15, -0.1) is 0 Å². The third-order valence-corrected chi connectivity index (χ3v) is 3.76. The van der Waals surface area contributed by atoms with E-state index in [1.54, 1.807) is 12.1 Å². The Morgan fingerprint density at radius 2 is 1.92 bits per heavy atom. The van der Waals surface area contributed by atoms with Crippen molar-refractivity contribution >= 4 is 22.9 Å². The van der Waals surface area contributed by atoms with Crippen molar-refractivity contribution < 1.29 is 13.9 Å². The van der Waals surface area contributed by atoms with Crippen LogP contribution in [0.5, 0.6) is 0 Å². The monoisotopic (exact) mass is 337 g/mol. The maximum Gasteiger partial charge on any atom is 0.330 e. The lowest BCUT2D eigenvalue weighted by Gasteiger charge is -2.09. The molecular formula is C21H20FNO2. The van der Waals surface area contributed by atoms with Crippen molar-refractivity contribution in [3.63, 3.8) is 0 Å². The summed E-state index contributed by atoms with van der Waals surface area (Å²) >= 11 is 0. The number of benzene rings is 2. The first-order valence-electron chi connectivity index (χ1n) is 8.26. The Bertz CT molecular complexity index is 910. The highest BCUT2D eigenvalue weighted by Gasteiger charge is 2.10. The summed E-state index contributed by atoms with van der Waals surface area (Å²) in [4.78, 5) is 11.9. The van der Waals surface area contributed by atoms with Gasteiger partial charge >= 0.3 is 5.97 Å². The molecule has 0 amide bonds. The molecule has 4 heteroatoms. The van der Waals surface area contributed by atoms with Crippen LogP contribution in [0.15, 0.2) is 60.7 Å². The molecule has 0 radical (unpaired) electrons. The number of esters is 1. The normalized spacial score (nSPS) is 11.5. The third kappa shape index (κ3) is 3.97. The number of nitrogens with zero attached hydrogens (tertiary/aromatic N) is 1. The maximum atomic E-state index is 13.7. The van der Waals surface area contributed by atoms with Crippen LogP contribution in [-0.4, -0.2) is 17.1 Å². The summed E-state index contributed by atoms with van der Waals surface area (Å²) in [5.74, 6) is -0.393. The van der Waals surface area contributed by atoms with E-state index in [0.717, 1.165) is 22.3 Å². The number of carbonyl (C=O) groups excluding carboxylic acids is 1. The number of hydrogen-bond donors (Lipinski definition) is 0. The summed E-state index contributed by atoms with van der Waals surface area (Å²) in [6.45, 7) is 4.35. The number of hydrogen-bond acceptors (Lipinski definition) is 2. The van der Waals surface area contributed by atoms with Crippen molar-refractivity contribution in [2.75, 3.05) is 6.61 Å². The van der Waals surface area contributed by atoms with Crippen LogP contribution in [0.1, 0.15) is 19.5 Å². The average molecular weight is 337 g/mol. The van der Waals surface area contributed by atoms with E-state index in [-0.39, 0.29) is 17.7 Å². The summed E-state index contributed by atoms with van der Waals surface area (Å²) < 4.78 is 20.8. The number of para-hydroxylation sites is 1. The number of rotatable bonds is 5. The van der Waals surface area contributed by atoms with Gasteiger partial charge in [-0.2, -0.15) is 0 Å². The molecule has 0 N–H and O–H groups in total. The predicted molar refractivity (Wildman–Crippen MR) is 98.1 cm³/mol. The van der Waals surface area contributed by atoms with Crippen LogP contribution in [0.3, 0.4) is 0 Å². The van der Waals surface area contributed by atoms with Crippen molar-refractivity contribution in [3.05, 3.63) is 72.2 Å². The van der Waals surface area contributed by atoms with Crippen molar-refractivity contribution in [1.29, 1.82) is 0 Å². The summed E-state index contributed by atoms with van der Waals surface area (Å²) in [6.07, 6.45) is 3.11. The van der Waals surface area contributed by atoms with Crippen molar-refractivity contribution in [3.8, 4) is 5.69 Å². The molecule has 2 aromatic carbocycles. The van der Waals surface area contributed by atoms with Crippen LogP contribution in [0.25, 0.3) is 22.7 Å². The fourth-order valence-electron chi connectivity index (χ4n) is 2.63. The Labute approximate surface area is 146 Å². The Morgan fingerprint density at radius 1 is 1.16 bits per heavy atom. The second kappa shape index (κ2) is 7.34. The maximum absolute atomic E-state index is 13.7. The largest absolute Gasteiger partial charge is 0.462 e. The van der Waals surface area contributed by atoms with Crippen LogP contribution < -0.4 is 0 Å². The van der Waals surface area contributed by atoms with E-state index in [9.17, 15) is 9.18 Å². The molecule has 0 aliphatic heterocycles. The molecule has 3 rings (SSSR count). The molecule has 1 aromatic heterocycles. The molecule has 0 fully saturated rings. The van der Waals surface area contributed by atoms with E-state index in [0.29, 0.717) is 6.61 Å². The highest BCUT2D eigenvalue weighted by molar-refractivity contribution is 5.90. The average Bonchev–Trinajstić information content (AvgIpc) is 2.96. The fraction of sp³-hybridized carbons (Fsp3) is 0.190. The number of halogens is 1. The molecule has 0 aliphatic carbocycles. The standard InChI is InChI=1S/C21H20FNO2/c1-15(2)14-25-21(24)11-10-19-12-16-8-9-17(22)13-20(16)23(19)18-6-4-3-5-7-18/h3-13,15H,14H2,1-2H3/b11-10+. The number of aromatic nitrogens is 1. The lowest BCUT2D eigenvalue weighted by Crippen LogP contribution is -2.07. The molecule has 0 saturated heterocycles. The van der Waals surface area contributed by atoms with Gasteiger partial charge in [0.15, 0.2) is 0 Å². The van der Waals surface area contributed by atoms with Crippen LogP contribution in [0, 0.1) is 11.7 Å². The molecule has 0 atom stereocenters. The molecule has 25 heavy (non-hydrogen) atoms. The van der Waals surface area contributed by atoms with Gasteiger partial charge in [0, 0.05) is 22.8 Å². The van der Waals surface area contributed by atoms with Gasteiger partial charge < -0.3 is 9.30 Å². The second-order valence-corrected chi connectivity index (χ2v) is 6.30. The zero-order valence-corrected chi connectivity index (χ0v) is 14.3. The molecule has 1 heterocycles. The summed E-state index contributed by atoms with van der Waals surface area (Å²) in [7, 11) is 0. The summed E-state index contributed by atoms with van der Waals surface area (Å²) in [5.41, 5.74) is 2.44. The van der Waals surface area contributed by atoms with Crippen LogP contribution >= 0.6 is 0 Å². The van der Waals surface area contributed by atoms with Gasteiger partial charge in [0.1, 0.15) is 5.82 Å². The van der Waals surface area contributed by atoms with Gasteiger partial charge in [0.05, 0.1) is 12.1 Å². The minimum absolute atomic E-state index is 0.288. The second-order valence-electron chi connectivity index (χ2n) is 6.30. The fourth-order valence-corrected chi connectivity index (χ4v) is 2.63. The summed E-state index contributed by atoms with van der Waals surface area (Å²) in [5, 5.41) is 0.903. The Morgan fingerprint density at radius 3 is 2.64 bits per heavy atom. The first kappa shape index (κ1) is 17.0. The number of carbonyl (C=O) groups is 1. The smallest absolute Gasteiger partial charge is 0.330 e. The minimum atomic E-state index is -0.384. The molecule has 0 spiro atoms. The zero-order valence-electron chi connectivity index (χ0n) is 14.3. The first-order chi connectivity index (χ1) is 12.0. The van der Waals surface area contributed by atoms with Gasteiger partial charge in [-0.1, -0.05) is 32.0 Å². The lowest BCUT2D eigenvalue weighted by molar-refractivity contribution is -0.138. The molecule has 0 unspecified atom stereocenters. The molecule has 3 nitrogen and oxygen atoms in total. The molecule has 0 saturated carbocycles. The summed E-state index contributed by atoms with van der Waals surface area (Å²) in [6, 6.07) is 16.2. The van der Waals surface area contributed by atoms with Gasteiger partial charge in [-0.25, -0.2) is 9.18 Å². The molecule has 0 bridgehead atoms. The van der Waals surface area contributed by atoms with Crippen molar-refractivity contribution in [2.45, 2.75) is 13.8 Å². The van der Waals surface area contributed by atoms with Gasteiger partial charge in [0.25, 0.3) is 0 Å². The Hall–Kier alpha value is -2.88. The first-order valence-corrected chi connectivity index (χ1v) is 8.26.